The highest BCUT2D eigenvalue weighted by Gasteiger charge is 2.12. The second-order valence-electron chi connectivity index (χ2n) is 6.43. The summed E-state index contributed by atoms with van der Waals surface area (Å²) in [7, 11) is 1.56. The lowest BCUT2D eigenvalue weighted by molar-refractivity contribution is 0.0953. The molecule has 1 amide bonds. The highest BCUT2D eigenvalue weighted by Crippen LogP contribution is 2.21. The zero-order valence-corrected chi connectivity index (χ0v) is 17.6. The average Bonchev–Trinajstić information content (AvgIpc) is 2.70. The number of benzene rings is 2. The van der Waals surface area contributed by atoms with Gasteiger partial charge in [-0.1, -0.05) is 45.8 Å². The van der Waals surface area contributed by atoms with E-state index < -0.39 is 5.91 Å². The first-order valence-electron chi connectivity index (χ1n) is 8.90. The molecule has 0 saturated carbocycles. The molecule has 0 saturated heterocycles. The summed E-state index contributed by atoms with van der Waals surface area (Å²) in [6, 6.07) is 16.5. The predicted octanol–water partition coefficient (Wildman–Crippen LogP) is 3.74. The van der Waals surface area contributed by atoms with Crippen LogP contribution in [0.25, 0.3) is 0 Å². The number of amides is 1. The maximum Gasteiger partial charge on any atom is 0.276 e. The monoisotopic (exact) mass is 453 g/mol. The maximum atomic E-state index is 12.7. The largest absolute Gasteiger partial charge is 0.496 e. The van der Waals surface area contributed by atoms with E-state index in [1.54, 1.807) is 25.4 Å². The molecule has 0 aliphatic rings. The Hall–Kier alpha value is -3.19. The van der Waals surface area contributed by atoms with Crippen molar-refractivity contribution in [2.24, 2.45) is 5.10 Å². The Balaban J connectivity index is 1.76. The first kappa shape index (κ1) is 20.5. The molecule has 6 nitrogen and oxygen atoms in total. The normalized spacial score (nSPS) is 10.9. The van der Waals surface area contributed by atoms with E-state index in [1.807, 2.05) is 43.3 Å². The Morgan fingerprint density at radius 2 is 2.03 bits per heavy atom. The molecule has 3 rings (SSSR count). The van der Waals surface area contributed by atoms with Gasteiger partial charge >= 0.3 is 0 Å². The number of pyridine rings is 1. The van der Waals surface area contributed by atoms with Crippen LogP contribution in [0, 0.1) is 6.92 Å². The van der Waals surface area contributed by atoms with Gasteiger partial charge in [-0.25, -0.2) is 5.43 Å². The number of halogens is 1. The van der Waals surface area contributed by atoms with Crippen molar-refractivity contribution in [1.29, 1.82) is 0 Å². The second-order valence-corrected chi connectivity index (χ2v) is 7.35. The topological polar surface area (TPSA) is 72.7 Å². The Kier molecular flexibility index (Phi) is 6.61. The van der Waals surface area contributed by atoms with Crippen LogP contribution in [0.15, 0.2) is 75.2 Å². The van der Waals surface area contributed by atoms with E-state index in [0.29, 0.717) is 17.9 Å². The third-order valence-electron chi connectivity index (χ3n) is 4.26. The maximum absolute atomic E-state index is 12.7. The number of hydrogen-bond acceptors (Lipinski definition) is 4. The summed E-state index contributed by atoms with van der Waals surface area (Å²) >= 11 is 3.38. The number of aromatic nitrogens is 1. The van der Waals surface area contributed by atoms with Gasteiger partial charge in [-0.15, -0.1) is 0 Å². The van der Waals surface area contributed by atoms with Crippen molar-refractivity contribution in [1.82, 2.24) is 9.99 Å². The zero-order chi connectivity index (χ0) is 20.8. The second kappa shape index (κ2) is 9.34. The molecule has 1 aromatic heterocycles. The third kappa shape index (κ3) is 5.20. The lowest BCUT2D eigenvalue weighted by Gasteiger charge is -2.08. The van der Waals surface area contributed by atoms with Crippen LogP contribution >= 0.6 is 15.9 Å². The van der Waals surface area contributed by atoms with Crippen LogP contribution in [0.5, 0.6) is 5.75 Å². The van der Waals surface area contributed by atoms with Crippen molar-refractivity contribution in [3.63, 3.8) is 0 Å². The summed E-state index contributed by atoms with van der Waals surface area (Å²) in [5.41, 5.74) is 4.85. The summed E-state index contributed by atoms with van der Waals surface area (Å²) in [6.07, 6.45) is 3.13. The van der Waals surface area contributed by atoms with Gasteiger partial charge in [0.1, 0.15) is 11.3 Å². The molecule has 2 aromatic carbocycles. The molecule has 0 aliphatic heterocycles. The number of hydrogen-bond donors (Lipinski definition) is 1. The Morgan fingerprint density at radius 1 is 1.21 bits per heavy atom. The van der Waals surface area contributed by atoms with Crippen LogP contribution in [0.3, 0.4) is 0 Å². The minimum Gasteiger partial charge on any atom is -0.496 e. The van der Waals surface area contributed by atoms with Crippen molar-refractivity contribution in [3.05, 3.63) is 97.9 Å². The highest BCUT2D eigenvalue weighted by atomic mass is 79.9. The Bertz CT molecular complexity index is 1120. The van der Waals surface area contributed by atoms with Crippen LogP contribution in [0.1, 0.15) is 27.0 Å². The first-order chi connectivity index (χ1) is 14.0. The molecule has 0 unspecified atom stereocenters. The first-order valence-corrected chi connectivity index (χ1v) is 9.69. The van der Waals surface area contributed by atoms with Crippen LogP contribution < -0.4 is 15.7 Å². The van der Waals surface area contributed by atoms with Crippen molar-refractivity contribution in [3.8, 4) is 5.75 Å². The summed E-state index contributed by atoms with van der Waals surface area (Å²) in [4.78, 5) is 25.2. The predicted molar refractivity (Wildman–Crippen MR) is 117 cm³/mol. The van der Waals surface area contributed by atoms with Gasteiger partial charge in [0.15, 0.2) is 0 Å². The van der Waals surface area contributed by atoms with E-state index in [2.05, 4.69) is 26.5 Å². The van der Waals surface area contributed by atoms with Crippen LogP contribution in [0.2, 0.25) is 0 Å². The number of methoxy groups -OCH3 is 1. The number of nitrogens with zero attached hydrogens (tertiary/aromatic N) is 2. The number of rotatable bonds is 6. The zero-order valence-electron chi connectivity index (χ0n) is 16.1. The lowest BCUT2D eigenvalue weighted by Crippen LogP contribution is -2.30. The fraction of sp³-hybridized carbons (Fsp3) is 0.136. The number of carbonyl (C=O) groups excluding carboxylic acids is 1. The van der Waals surface area contributed by atoms with Gasteiger partial charge in [-0.05, 0) is 42.8 Å². The molecule has 0 atom stereocenters. The number of ether oxygens (including phenoxy) is 1. The molecule has 0 fully saturated rings. The smallest absolute Gasteiger partial charge is 0.276 e. The molecule has 1 N–H and O–H groups in total. The highest BCUT2D eigenvalue weighted by molar-refractivity contribution is 9.10. The molecule has 0 bridgehead atoms. The third-order valence-corrected chi connectivity index (χ3v) is 4.75. The van der Waals surface area contributed by atoms with E-state index in [4.69, 9.17) is 4.74 Å². The van der Waals surface area contributed by atoms with Gasteiger partial charge in [0, 0.05) is 16.2 Å². The van der Waals surface area contributed by atoms with Crippen LogP contribution in [0.4, 0.5) is 0 Å². The van der Waals surface area contributed by atoms with Crippen molar-refractivity contribution < 1.29 is 9.53 Å². The van der Waals surface area contributed by atoms with Gasteiger partial charge in [0.05, 0.1) is 19.9 Å². The number of hydrazone groups is 1. The van der Waals surface area contributed by atoms with E-state index in [1.165, 1.54) is 16.8 Å². The summed E-state index contributed by atoms with van der Waals surface area (Å²) in [5, 5.41) is 3.96. The quantitative estimate of drug-likeness (QED) is 0.456. The van der Waals surface area contributed by atoms with Gasteiger partial charge in [0.25, 0.3) is 11.5 Å². The van der Waals surface area contributed by atoms with Gasteiger partial charge in [-0.2, -0.15) is 5.10 Å². The van der Waals surface area contributed by atoms with E-state index in [0.717, 1.165) is 15.6 Å². The summed E-state index contributed by atoms with van der Waals surface area (Å²) < 4.78 is 7.62. The molecule has 148 valence electrons. The van der Waals surface area contributed by atoms with E-state index in [9.17, 15) is 9.59 Å². The van der Waals surface area contributed by atoms with Crippen molar-refractivity contribution in [2.75, 3.05) is 7.11 Å². The number of carbonyl (C=O) groups is 1. The molecular formula is C22H20BrN3O3. The molecule has 0 spiro atoms. The minimum atomic E-state index is -0.571. The number of nitrogens with one attached hydrogen (secondary N) is 1. The van der Waals surface area contributed by atoms with Crippen LogP contribution in [-0.4, -0.2) is 23.8 Å². The molecule has 0 radical (unpaired) electrons. The summed E-state index contributed by atoms with van der Waals surface area (Å²) in [5.74, 6) is 0.0465. The summed E-state index contributed by atoms with van der Waals surface area (Å²) in [6.45, 7) is 2.38. The molecular weight excluding hydrogens is 434 g/mol. The van der Waals surface area contributed by atoms with Gasteiger partial charge < -0.3 is 9.30 Å². The Morgan fingerprint density at radius 3 is 2.79 bits per heavy atom. The SMILES string of the molecule is COc1ccc(Br)cc1/C=N\NC(=O)c1cccn(Cc2cccc(C)c2)c1=O. The average molecular weight is 454 g/mol. The van der Waals surface area contributed by atoms with Gasteiger partial charge in [-0.3, -0.25) is 9.59 Å². The fourth-order valence-electron chi connectivity index (χ4n) is 2.87. The minimum absolute atomic E-state index is 0.0264. The van der Waals surface area contributed by atoms with Gasteiger partial charge in [0.2, 0.25) is 0 Å². The van der Waals surface area contributed by atoms with E-state index in [-0.39, 0.29) is 11.1 Å². The molecule has 0 aliphatic carbocycles. The standard InChI is InChI=1S/C22H20BrN3O3/c1-15-5-3-6-16(11-15)14-26-10-4-7-19(22(26)28)21(27)25-24-13-17-12-18(23)8-9-20(17)29-2/h3-13H,14H2,1-2H3,(H,25,27)/b24-13-. The van der Waals surface area contributed by atoms with Crippen molar-refractivity contribution in [2.45, 2.75) is 13.5 Å². The molecule has 29 heavy (non-hydrogen) atoms. The lowest BCUT2D eigenvalue weighted by atomic mass is 10.1. The fourth-order valence-corrected chi connectivity index (χ4v) is 3.25. The van der Waals surface area contributed by atoms with Crippen LogP contribution in [-0.2, 0) is 6.54 Å². The number of aryl methyl sites for hydroxylation is 1. The molecule has 1 heterocycles. The van der Waals surface area contributed by atoms with Crippen molar-refractivity contribution >= 4 is 28.1 Å². The molecule has 7 heteroatoms. The Labute approximate surface area is 177 Å². The molecule has 3 aromatic rings. The van der Waals surface area contributed by atoms with E-state index >= 15 is 0 Å².